The number of carbonyl (C=O) groups is 2. The molecule has 3 amide bonds. The van der Waals surface area contributed by atoms with Gasteiger partial charge in [0.2, 0.25) is 5.88 Å². The quantitative estimate of drug-likeness (QED) is 0.231. The number of aromatic nitrogens is 2. The first-order valence-corrected chi connectivity index (χ1v) is 17.7. The topological polar surface area (TPSA) is 189 Å². The molecule has 2 saturated heterocycles. The van der Waals surface area contributed by atoms with Gasteiger partial charge in [-0.05, 0) is 87.9 Å². The first kappa shape index (κ1) is 30.8. The van der Waals surface area contributed by atoms with Crippen LogP contribution in [0.1, 0.15) is 95.6 Å². The molecule has 3 heterocycles. The van der Waals surface area contributed by atoms with Crippen molar-refractivity contribution >= 4 is 27.6 Å². The lowest BCUT2D eigenvalue weighted by Crippen LogP contribution is -2.65. The van der Waals surface area contributed by atoms with Gasteiger partial charge in [0, 0.05) is 26.2 Å². The van der Waals surface area contributed by atoms with Gasteiger partial charge < -0.3 is 15.7 Å². The lowest BCUT2D eigenvalue weighted by Gasteiger charge is -2.58. The number of sulfone groups is 1. The summed E-state index contributed by atoms with van der Waals surface area (Å²) in [5, 5.41) is 18.3. The van der Waals surface area contributed by atoms with Gasteiger partial charge >= 0.3 is 11.7 Å². The molecule has 0 unspecified atom stereocenters. The van der Waals surface area contributed by atoms with Crippen molar-refractivity contribution in [3.8, 4) is 5.88 Å². The van der Waals surface area contributed by atoms with Crippen molar-refractivity contribution in [3.05, 3.63) is 26.4 Å². The summed E-state index contributed by atoms with van der Waals surface area (Å²) in [4.78, 5) is 56.7. The third kappa shape index (κ3) is 4.69. The number of hydrogen-bond donors (Lipinski definition) is 3. The summed E-state index contributed by atoms with van der Waals surface area (Å²) in [6.07, 6.45) is 7.74. The van der Waals surface area contributed by atoms with E-state index in [-0.39, 0.29) is 47.1 Å². The molecule has 3 aliphatic carbocycles. The van der Waals surface area contributed by atoms with E-state index < -0.39 is 49.6 Å². The average molecular weight is 633 g/mol. The van der Waals surface area contributed by atoms with Crippen LogP contribution >= 0.6 is 0 Å². The van der Waals surface area contributed by atoms with Crippen LogP contribution in [0.15, 0.2) is 9.59 Å². The maximum Gasteiger partial charge on any atom is 0.334 e. The summed E-state index contributed by atoms with van der Waals surface area (Å²) in [5.41, 5.74) is 2.85. The molecule has 2 aliphatic heterocycles. The van der Waals surface area contributed by atoms with Crippen molar-refractivity contribution in [1.29, 1.82) is 5.41 Å². The molecule has 0 bridgehead atoms. The normalized spacial score (nSPS) is 28.0. The molecule has 0 aromatic carbocycles. The largest absolute Gasteiger partial charge is 0.494 e. The number of rotatable bonds is 7. The van der Waals surface area contributed by atoms with Gasteiger partial charge in [-0.15, -0.1) is 0 Å². The molecule has 6 rings (SSSR count). The molecule has 3 saturated carbocycles. The van der Waals surface area contributed by atoms with E-state index in [0.29, 0.717) is 64.3 Å². The number of nitrogens with one attached hydrogen (secondary N) is 1. The molecule has 5 fully saturated rings. The molecule has 1 aromatic heterocycles. The van der Waals surface area contributed by atoms with Gasteiger partial charge in [0.1, 0.15) is 16.9 Å². The molecule has 1 aromatic rings. The number of imide groups is 1. The first-order chi connectivity index (χ1) is 20.7. The Labute approximate surface area is 256 Å². The first-order valence-electron chi connectivity index (χ1n) is 16.0. The zero-order chi connectivity index (χ0) is 31.8. The number of likely N-dealkylation sites (N-methyl/N-ethyl adjacent to an activating group) is 1. The molecule has 4 N–H and O–H groups in total. The molecular formula is C30H44N6O7S. The SMILES string of the molecule is CC[C@@H]1C[C@H](CN2C(=O)N(C)C(=O)C23CC2(CCC(n4c(=O)c(C(=N)N)c(O)n(CC5CCC5)c4=O)CC2)C3)CCS1(=O)=O. The number of amides is 3. The number of amidine groups is 1. The molecule has 242 valence electrons. The van der Waals surface area contributed by atoms with E-state index >= 15 is 0 Å². The minimum Gasteiger partial charge on any atom is -0.494 e. The Morgan fingerprint density at radius 1 is 1.02 bits per heavy atom. The number of nitrogens with zero attached hydrogens (tertiary/aromatic N) is 4. The molecular weight excluding hydrogens is 588 g/mol. The van der Waals surface area contributed by atoms with Crippen molar-refractivity contribution in [1.82, 2.24) is 18.9 Å². The Balaban J connectivity index is 1.20. The maximum absolute atomic E-state index is 13.6. The van der Waals surface area contributed by atoms with Gasteiger partial charge in [-0.25, -0.2) is 18.0 Å². The third-order valence-electron chi connectivity index (χ3n) is 11.5. The summed E-state index contributed by atoms with van der Waals surface area (Å²) in [6, 6.07) is -0.766. The van der Waals surface area contributed by atoms with Crippen molar-refractivity contribution in [3.63, 3.8) is 0 Å². The average Bonchev–Trinajstić information content (AvgIpc) is 3.09. The van der Waals surface area contributed by atoms with Crippen molar-refractivity contribution in [2.45, 2.75) is 107 Å². The van der Waals surface area contributed by atoms with Gasteiger partial charge in [0.05, 0.1) is 11.0 Å². The van der Waals surface area contributed by atoms with Gasteiger partial charge in [0.25, 0.3) is 11.5 Å². The third-order valence-corrected chi connectivity index (χ3v) is 13.9. The lowest BCUT2D eigenvalue weighted by molar-refractivity contribution is -0.150. The van der Waals surface area contributed by atoms with E-state index in [2.05, 4.69) is 0 Å². The highest BCUT2D eigenvalue weighted by molar-refractivity contribution is 7.92. The zero-order valence-electron chi connectivity index (χ0n) is 25.6. The Hall–Kier alpha value is -3.16. The van der Waals surface area contributed by atoms with Crippen LogP contribution in [0.25, 0.3) is 0 Å². The van der Waals surface area contributed by atoms with Crippen LogP contribution in [0.3, 0.4) is 0 Å². The summed E-state index contributed by atoms with van der Waals surface area (Å²) in [5.74, 6) is -1.00. The Morgan fingerprint density at radius 2 is 1.68 bits per heavy atom. The monoisotopic (exact) mass is 632 g/mol. The number of urea groups is 1. The summed E-state index contributed by atoms with van der Waals surface area (Å²) < 4.78 is 27.3. The highest BCUT2D eigenvalue weighted by Gasteiger charge is 2.68. The van der Waals surface area contributed by atoms with E-state index in [1.165, 1.54) is 21.1 Å². The second-order valence-electron chi connectivity index (χ2n) is 14.1. The summed E-state index contributed by atoms with van der Waals surface area (Å²) >= 11 is 0. The number of nitrogens with two attached hydrogens (primary N) is 1. The smallest absolute Gasteiger partial charge is 0.334 e. The number of nitrogen functional groups attached to an aromatic ring is 1. The predicted molar refractivity (Wildman–Crippen MR) is 162 cm³/mol. The van der Waals surface area contributed by atoms with Crippen LogP contribution in [-0.4, -0.2) is 80.4 Å². The van der Waals surface area contributed by atoms with E-state index in [9.17, 15) is 32.7 Å². The maximum atomic E-state index is 13.6. The minimum atomic E-state index is -3.13. The van der Waals surface area contributed by atoms with E-state index in [1.54, 1.807) is 4.90 Å². The molecule has 2 atom stereocenters. The van der Waals surface area contributed by atoms with Crippen LogP contribution in [0.4, 0.5) is 4.79 Å². The van der Waals surface area contributed by atoms with Crippen molar-refractivity contribution < 1.29 is 23.1 Å². The van der Waals surface area contributed by atoms with E-state index in [4.69, 9.17) is 11.1 Å². The molecule has 13 nitrogen and oxygen atoms in total. The highest BCUT2D eigenvalue weighted by Crippen LogP contribution is 2.62. The fraction of sp³-hybridized carbons (Fsp3) is 0.767. The van der Waals surface area contributed by atoms with Gasteiger partial charge in [-0.3, -0.25) is 29.0 Å². The van der Waals surface area contributed by atoms with E-state index in [1.807, 2.05) is 6.92 Å². The van der Waals surface area contributed by atoms with Gasteiger partial charge in [0.15, 0.2) is 9.84 Å². The van der Waals surface area contributed by atoms with E-state index in [0.717, 1.165) is 19.3 Å². The standard InChI is InChI=1S/C30H44N6O7S/c1-3-21-13-19(9-12-44(21,42)43)15-35-27(40)33(2)26(39)30(35)16-29(17-30)10-7-20(8-11-29)36-25(38)22(23(31)32)24(37)34(28(36)41)14-18-5-4-6-18/h18-21,37H,3-17H2,1-2H3,(H3,31,32)/t19-,20?,21-,29?,30?/m1/s1. The van der Waals surface area contributed by atoms with Crippen LogP contribution in [0, 0.1) is 22.7 Å². The second kappa shape index (κ2) is 10.7. The number of aromatic hydroxyl groups is 1. The molecule has 5 aliphatic rings. The van der Waals surface area contributed by atoms with Crippen molar-refractivity contribution in [2.75, 3.05) is 19.3 Å². The van der Waals surface area contributed by atoms with Crippen molar-refractivity contribution in [2.24, 2.45) is 23.0 Å². The highest BCUT2D eigenvalue weighted by atomic mass is 32.2. The number of hydrogen-bond acceptors (Lipinski definition) is 8. The molecule has 0 radical (unpaired) electrons. The Bertz CT molecular complexity index is 1610. The lowest BCUT2D eigenvalue weighted by atomic mass is 9.51. The second-order valence-corrected chi connectivity index (χ2v) is 16.5. The van der Waals surface area contributed by atoms with Crippen LogP contribution < -0.4 is 17.0 Å². The van der Waals surface area contributed by atoms with Gasteiger partial charge in [-0.2, -0.15) is 0 Å². The van der Waals surface area contributed by atoms with Crippen LogP contribution in [0.5, 0.6) is 5.88 Å². The minimum absolute atomic E-state index is 0.00911. The summed E-state index contributed by atoms with van der Waals surface area (Å²) in [7, 11) is -1.62. The Kier molecular flexibility index (Phi) is 7.52. The van der Waals surface area contributed by atoms with Gasteiger partial charge in [-0.1, -0.05) is 13.3 Å². The Morgan fingerprint density at radius 3 is 2.25 bits per heavy atom. The summed E-state index contributed by atoms with van der Waals surface area (Å²) in [6.45, 7) is 2.50. The number of carbonyl (C=O) groups excluding carboxylic acids is 2. The van der Waals surface area contributed by atoms with Crippen LogP contribution in [-0.2, 0) is 21.2 Å². The zero-order valence-corrected chi connectivity index (χ0v) is 26.4. The predicted octanol–water partition coefficient (Wildman–Crippen LogP) is 1.93. The molecule has 14 heteroatoms. The fourth-order valence-electron chi connectivity index (χ4n) is 8.78. The molecule has 44 heavy (non-hydrogen) atoms. The van der Waals surface area contributed by atoms with Crippen LogP contribution in [0.2, 0.25) is 0 Å². The fourth-order valence-corrected chi connectivity index (χ4v) is 10.9. The molecule has 2 spiro atoms.